The number of likely N-dealkylation sites (tertiary alicyclic amines) is 1. The van der Waals surface area contributed by atoms with Crippen molar-refractivity contribution in [1.29, 1.82) is 0 Å². The van der Waals surface area contributed by atoms with Crippen molar-refractivity contribution in [3.05, 3.63) is 16.2 Å². The molecule has 1 amide bonds. The van der Waals surface area contributed by atoms with E-state index in [2.05, 4.69) is 31.2 Å². The van der Waals surface area contributed by atoms with Gasteiger partial charge in [-0.2, -0.15) is 0 Å². The summed E-state index contributed by atoms with van der Waals surface area (Å²) in [6.07, 6.45) is 2.53. The molecule has 1 atom stereocenters. The van der Waals surface area contributed by atoms with Crippen molar-refractivity contribution >= 4 is 49.2 Å². The van der Waals surface area contributed by atoms with Gasteiger partial charge < -0.3 is 10.2 Å². The second kappa shape index (κ2) is 5.77. The van der Waals surface area contributed by atoms with Gasteiger partial charge >= 0.3 is 0 Å². The quantitative estimate of drug-likeness (QED) is 0.862. The number of thiophene rings is 1. The van der Waals surface area contributed by atoms with Gasteiger partial charge in [-0.1, -0.05) is 20.8 Å². The van der Waals surface area contributed by atoms with Crippen molar-refractivity contribution in [2.24, 2.45) is 5.41 Å². The number of fused-ring (bicyclic) bond motifs is 1. The number of nitrogens with one attached hydrogen (secondary N) is 1. The van der Waals surface area contributed by atoms with Crippen LogP contribution >= 0.6 is 27.3 Å². The molecule has 0 bridgehead atoms. The normalized spacial score (nSPS) is 18.9. The lowest BCUT2D eigenvalue weighted by Gasteiger charge is -2.25. The molecule has 0 aliphatic carbocycles. The Morgan fingerprint density at radius 1 is 1.45 bits per heavy atom. The molecule has 7 heteroatoms. The highest BCUT2D eigenvalue weighted by Gasteiger charge is 2.33. The zero-order valence-electron chi connectivity index (χ0n) is 12.9. The maximum atomic E-state index is 12.3. The summed E-state index contributed by atoms with van der Waals surface area (Å²) in [5.41, 5.74) is -0.324. The first kappa shape index (κ1) is 15.7. The Kier molecular flexibility index (Phi) is 4.11. The molecule has 0 radical (unpaired) electrons. The van der Waals surface area contributed by atoms with Crippen LogP contribution in [0.5, 0.6) is 0 Å². The van der Waals surface area contributed by atoms with Crippen LogP contribution in [0.2, 0.25) is 0 Å². The number of anilines is 1. The molecule has 1 fully saturated rings. The molecule has 0 unspecified atom stereocenters. The van der Waals surface area contributed by atoms with E-state index in [-0.39, 0.29) is 17.4 Å². The van der Waals surface area contributed by atoms with Crippen LogP contribution in [-0.2, 0) is 4.79 Å². The molecule has 2 aromatic heterocycles. The highest BCUT2D eigenvalue weighted by molar-refractivity contribution is 9.11. The van der Waals surface area contributed by atoms with Crippen molar-refractivity contribution < 1.29 is 4.79 Å². The molecule has 1 saturated heterocycles. The van der Waals surface area contributed by atoms with Gasteiger partial charge in [-0.15, -0.1) is 11.3 Å². The highest BCUT2D eigenvalue weighted by atomic mass is 79.9. The summed E-state index contributed by atoms with van der Waals surface area (Å²) in [6, 6.07) is 2.28. The number of hydrogen-bond donors (Lipinski definition) is 1. The van der Waals surface area contributed by atoms with E-state index in [0.717, 1.165) is 39.3 Å². The Morgan fingerprint density at radius 3 is 2.95 bits per heavy atom. The minimum absolute atomic E-state index is 0.211. The van der Waals surface area contributed by atoms with E-state index in [1.807, 2.05) is 31.7 Å². The van der Waals surface area contributed by atoms with Crippen LogP contribution < -0.4 is 5.32 Å². The van der Waals surface area contributed by atoms with Crippen LogP contribution in [0, 0.1) is 5.41 Å². The van der Waals surface area contributed by atoms with Gasteiger partial charge in [-0.25, -0.2) is 9.97 Å². The third kappa shape index (κ3) is 3.10. The van der Waals surface area contributed by atoms with E-state index >= 15 is 0 Å². The Balaban J connectivity index is 1.73. The number of hydrogen-bond acceptors (Lipinski definition) is 5. The zero-order valence-corrected chi connectivity index (χ0v) is 15.3. The Bertz CT molecular complexity index is 709. The maximum absolute atomic E-state index is 12.3. The largest absolute Gasteiger partial charge is 0.365 e. The fourth-order valence-corrected chi connectivity index (χ4v) is 4.09. The van der Waals surface area contributed by atoms with E-state index < -0.39 is 0 Å². The summed E-state index contributed by atoms with van der Waals surface area (Å²) in [6.45, 7) is 7.43. The van der Waals surface area contributed by atoms with E-state index in [9.17, 15) is 4.79 Å². The lowest BCUT2D eigenvalue weighted by Crippen LogP contribution is -2.39. The zero-order chi connectivity index (χ0) is 15.9. The van der Waals surface area contributed by atoms with Crippen LogP contribution in [0.15, 0.2) is 16.2 Å². The second-order valence-corrected chi connectivity index (χ2v) is 9.03. The summed E-state index contributed by atoms with van der Waals surface area (Å²) < 4.78 is 1.04. The second-order valence-electron chi connectivity index (χ2n) is 6.62. The predicted molar refractivity (Wildman–Crippen MR) is 93.2 cm³/mol. The molecular weight excluding hydrogens is 364 g/mol. The first-order valence-electron chi connectivity index (χ1n) is 7.30. The number of rotatable bonds is 2. The van der Waals surface area contributed by atoms with Gasteiger partial charge in [0.25, 0.3) is 0 Å². The lowest BCUT2D eigenvalue weighted by atomic mass is 9.95. The minimum atomic E-state index is -0.324. The lowest BCUT2D eigenvalue weighted by molar-refractivity contribution is -0.138. The average Bonchev–Trinajstić information content (AvgIpc) is 3.03. The molecular formula is C15H19BrN4OS. The van der Waals surface area contributed by atoms with Crippen LogP contribution in [0.3, 0.4) is 0 Å². The number of carbonyl (C=O) groups is 1. The molecule has 3 heterocycles. The molecule has 0 saturated carbocycles. The molecule has 5 nitrogen and oxygen atoms in total. The predicted octanol–water partition coefficient (Wildman–Crippen LogP) is 3.51. The topological polar surface area (TPSA) is 58.1 Å². The van der Waals surface area contributed by atoms with E-state index in [1.165, 1.54) is 0 Å². The summed E-state index contributed by atoms with van der Waals surface area (Å²) >= 11 is 5.09. The van der Waals surface area contributed by atoms with Gasteiger partial charge in [0.05, 0.1) is 9.17 Å². The number of halogens is 1. The van der Waals surface area contributed by atoms with E-state index in [0.29, 0.717) is 0 Å². The molecule has 0 aromatic carbocycles. The molecule has 1 N–H and O–H groups in total. The smallest absolute Gasteiger partial charge is 0.228 e. The van der Waals surface area contributed by atoms with Crippen molar-refractivity contribution in [2.45, 2.75) is 33.2 Å². The van der Waals surface area contributed by atoms with Gasteiger partial charge in [0, 0.05) is 24.5 Å². The number of carbonyl (C=O) groups excluding carboxylic acids is 1. The molecule has 1 aliphatic heterocycles. The molecule has 1 aliphatic rings. The summed E-state index contributed by atoms with van der Waals surface area (Å²) in [5, 5.41) is 4.50. The fraction of sp³-hybridized carbons (Fsp3) is 0.533. The molecule has 2 aromatic rings. The highest BCUT2D eigenvalue weighted by Crippen LogP contribution is 2.32. The van der Waals surface area contributed by atoms with Gasteiger partial charge in [-0.05, 0) is 28.4 Å². The van der Waals surface area contributed by atoms with Crippen LogP contribution in [-0.4, -0.2) is 39.9 Å². The molecule has 0 spiro atoms. The molecule has 3 rings (SSSR count). The number of aromatic nitrogens is 2. The van der Waals surface area contributed by atoms with E-state index in [4.69, 9.17) is 0 Å². The van der Waals surface area contributed by atoms with Crippen molar-refractivity contribution in [3.63, 3.8) is 0 Å². The van der Waals surface area contributed by atoms with Gasteiger partial charge in [0.1, 0.15) is 17.0 Å². The van der Waals surface area contributed by atoms with Crippen molar-refractivity contribution in [1.82, 2.24) is 14.9 Å². The fourth-order valence-electron chi connectivity index (χ4n) is 2.67. The first-order valence-corrected chi connectivity index (χ1v) is 8.91. The van der Waals surface area contributed by atoms with Gasteiger partial charge in [-0.3, -0.25) is 4.79 Å². The van der Waals surface area contributed by atoms with Gasteiger partial charge in [0.15, 0.2) is 0 Å². The molecule has 118 valence electrons. The Morgan fingerprint density at radius 2 is 2.23 bits per heavy atom. The van der Waals surface area contributed by atoms with Crippen LogP contribution in [0.4, 0.5) is 5.82 Å². The van der Waals surface area contributed by atoms with Crippen LogP contribution in [0.25, 0.3) is 10.2 Å². The Labute approximate surface area is 142 Å². The summed E-state index contributed by atoms with van der Waals surface area (Å²) in [7, 11) is 0. The monoisotopic (exact) mass is 382 g/mol. The number of nitrogens with zero attached hydrogens (tertiary/aromatic N) is 3. The first-order chi connectivity index (χ1) is 10.3. The molecule has 22 heavy (non-hydrogen) atoms. The minimum Gasteiger partial charge on any atom is -0.365 e. The van der Waals surface area contributed by atoms with Crippen molar-refractivity contribution in [2.75, 3.05) is 18.4 Å². The maximum Gasteiger partial charge on any atom is 0.228 e. The summed E-state index contributed by atoms with van der Waals surface area (Å²) in [4.78, 5) is 23.9. The standard InChI is InChI=1S/C15H19BrN4OS/c1-15(2,3)14(21)20-5-4-9(7-20)19-12-10-6-11(16)22-13(10)18-8-17-12/h6,8-9H,4-5,7H2,1-3H3,(H,17,18,19)/t9-/m0/s1. The average molecular weight is 383 g/mol. The third-order valence-electron chi connectivity index (χ3n) is 3.76. The van der Waals surface area contributed by atoms with Gasteiger partial charge in [0.2, 0.25) is 5.91 Å². The van der Waals surface area contributed by atoms with Crippen molar-refractivity contribution in [3.8, 4) is 0 Å². The Hall–Kier alpha value is -1.21. The van der Waals surface area contributed by atoms with E-state index in [1.54, 1.807) is 17.7 Å². The SMILES string of the molecule is CC(C)(C)C(=O)N1CC[C@H](Nc2ncnc3sc(Br)cc23)C1. The van der Waals surface area contributed by atoms with Crippen LogP contribution in [0.1, 0.15) is 27.2 Å². The number of amides is 1. The third-order valence-corrected chi connectivity index (χ3v) is 5.30. The summed E-state index contributed by atoms with van der Waals surface area (Å²) in [5.74, 6) is 1.06.